The molecule has 21 heavy (non-hydrogen) atoms. The number of aryl methyl sites for hydroxylation is 1. The van der Waals surface area contributed by atoms with Gasteiger partial charge in [-0.05, 0) is 23.7 Å². The number of benzene rings is 1. The van der Waals surface area contributed by atoms with E-state index >= 15 is 0 Å². The third-order valence-corrected chi connectivity index (χ3v) is 3.23. The van der Waals surface area contributed by atoms with E-state index in [1.807, 2.05) is 0 Å². The molecule has 0 unspecified atom stereocenters. The summed E-state index contributed by atoms with van der Waals surface area (Å²) in [4.78, 5) is 1.18. The second kappa shape index (κ2) is 7.62. The van der Waals surface area contributed by atoms with E-state index in [4.69, 9.17) is 11.6 Å². The number of allylic oxidation sites excluding steroid dienone is 3. The predicted octanol–water partition coefficient (Wildman–Crippen LogP) is 4.49. The minimum absolute atomic E-state index is 0. The van der Waals surface area contributed by atoms with Crippen LogP contribution in [0.25, 0.3) is 5.70 Å². The van der Waals surface area contributed by atoms with Crippen molar-refractivity contribution in [3.8, 4) is 0 Å². The number of hydrogen-bond donors (Lipinski definition) is 0. The molecule has 0 N–H and O–H groups in total. The summed E-state index contributed by atoms with van der Waals surface area (Å²) in [6, 6.07) is 4.58. The zero-order valence-electron chi connectivity index (χ0n) is 11.3. The Morgan fingerprint density at radius 2 is 2.05 bits per heavy atom. The number of hydrogen-bond acceptors (Lipinski definition) is 1. The first-order chi connectivity index (χ1) is 9.40. The van der Waals surface area contributed by atoms with E-state index in [9.17, 15) is 13.2 Å². The number of rotatable bonds is 3. The van der Waals surface area contributed by atoms with Gasteiger partial charge in [0.1, 0.15) is 0 Å². The summed E-state index contributed by atoms with van der Waals surface area (Å²) in [5, 5.41) is 0.210. The first kappa shape index (κ1) is 18.5. The molecule has 1 aromatic rings. The van der Waals surface area contributed by atoms with E-state index in [0.29, 0.717) is 0 Å². The summed E-state index contributed by atoms with van der Waals surface area (Å²) < 4.78 is 39.4. The van der Waals surface area contributed by atoms with Crippen molar-refractivity contribution >= 4 is 17.3 Å². The molecule has 0 aromatic heterocycles. The fourth-order valence-electron chi connectivity index (χ4n) is 1.93. The number of nitrogens with zero attached hydrogens (tertiary/aromatic N) is 1. The molecular formula is C15H12ClF3NY-. The SMILES string of the molecule is C=C1C(Cl)=C[C-]=C(c2ccc(C)cc2F)N1CC(F)F.[Y]. The van der Waals surface area contributed by atoms with Crippen LogP contribution >= 0.6 is 11.6 Å². The topological polar surface area (TPSA) is 3.24 Å². The zero-order chi connectivity index (χ0) is 14.9. The molecule has 0 aliphatic carbocycles. The van der Waals surface area contributed by atoms with Crippen molar-refractivity contribution in [1.29, 1.82) is 0 Å². The van der Waals surface area contributed by atoms with Gasteiger partial charge < -0.3 is 4.90 Å². The van der Waals surface area contributed by atoms with Crippen molar-refractivity contribution < 1.29 is 45.9 Å². The molecule has 0 atom stereocenters. The summed E-state index contributed by atoms with van der Waals surface area (Å²) in [6.07, 6.45) is 1.55. The molecule has 0 saturated carbocycles. The second-order valence-corrected chi connectivity index (χ2v) is 4.82. The van der Waals surface area contributed by atoms with Crippen molar-refractivity contribution in [2.24, 2.45) is 0 Å². The molecule has 1 heterocycles. The summed E-state index contributed by atoms with van der Waals surface area (Å²) in [7, 11) is 0. The van der Waals surface area contributed by atoms with Crippen LogP contribution in [0.4, 0.5) is 13.2 Å². The van der Waals surface area contributed by atoms with Crippen LogP contribution in [0.15, 0.2) is 41.6 Å². The molecule has 0 bridgehead atoms. The van der Waals surface area contributed by atoms with Gasteiger partial charge in [-0.15, -0.1) is 6.07 Å². The van der Waals surface area contributed by atoms with Gasteiger partial charge in [-0.3, -0.25) is 0 Å². The Morgan fingerprint density at radius 3 is 2.62 bits per heavy atom. The van der Waals surface area contributed by atoms with Crippen LogP contribution in [0.2, 0.25) is 0 Å². The minimum atomic E-state index is -2.60. The first-order valence-corrected chi connectivity index (χ1v) is 6.28. The van der Waals surface area contributed by atoms with Crippen molar-refractivity contribution in [1.82, 2.24) is 4.90 Å². The monoisotopic (exact) mass is 387 g/mol. The summed E-state index contributed by atoms with van der Waals surface area (Å²) in [5.74, 6) is -0.494. The smallest absolute Gasteiger partial charge is 0.256 e. The van der Waals surface area contributed by atoms with E-state index < -0.39 is 18.8 Å². The van der Waals surface area contributed by atoms with Gasteiger partial charge >= 0.3 is 0 Å². The van der Waals surface area contributed by atoms with Gasteiger partial charge in [-0.1, -0.05) is 29.5 Å². The molecule has 0 spiro atoms. The Labute approximate surface area is 152 Å². The van der Waals surface area contributed by atoms with Crippen LogP contribution in [0.5, 0.6) is 0 Å². The largest absolute Gasteiger partial charge is 0.368 e. The van der Waals surface area contributed by atoms with Crippen molar-refractivity contribution in [3.05, 3.63) is 64.6 Å². The van der Waals surface area contributed by atoms with Gasteiger partial charge in [0.15, 0.2) is 0 Å². The second-order valence-electron chi connectivity index (χ2n) is 4.42. The normalized spacial score (nSPS) is 14.8. The molecule has 0 amide bonds. The van der Waals surface area contributed by atoms with Gasteiger partial charge in [0.25, 0.3) is 6.43 Å². The maximum Gasteiger partial charge on any atom is 0.256 e. The molecule has 2 rings (SSSR count). The molecular weight excluding hydrogens is 376 g/mol. The van der Waals surface area contributed by atoms with Crippen LogP contribution in [0.3, 0.4) is 0 Å². The molecule has 1 aliphatic rings. The molecule has 1 radical (unpaired) electrons. The number of halogens is 4. The van der Waals surface area contributed by atoms with Crippen molar-refractivity contribution in [2.75, 3.05) is 6.54 Å². The molecule has 1 nitrogen and oxygen atoms in total. The molecule has 0 saturated heterocycles. The minimum Gasteiger partial charge on any atom is -0.368 e. The molecule has 1 aromatic carbocycles. The van der Waals surface area contributed by atoms with E-state index in [2.05, 4.69) is 12.7 Å². The van der Waals surface area contributed by atoms with Crippen molar-refractivity contribution in [3.63, 3.8) is 0 Å². The van der Waals surface area contributed by atoms with Gasteiger partial charge in [-0.25, -0.2) is 13.2 Å². The van der Waals surface area contributed by atoms with Crippen LogP contribution in [-0.4, -0.2) is 17.9 Å². The summed E-state index contributed by atoms with van der Waals surface area (Å²) in [6.45, 7) is 4.80. The first-order valence-electron chi connectivity index (χ1n) is 5.91. The van der Waals surface area contributed by atoms with E-state index in [-0.39, 0.29) is 54.7 Å². The third-order valence-electron chi connectivity index (χ3n) is 2.91. The Bertz CT molecular complexity index is 611. The van der Waals surface area contributed by atoms with E-state index in [1.54, 1.807) is 13.0 Å². The Hall–Kier alpha value is -0.576. The average molecular weight is 388 g/mol. The fraction of sp³-hybridized carbons (Fsp3) is 0.200. The average Bonchev–Trinajstić information content (AvgIpc) is 2.36. The predicted molar refractivity (Wildman–Crippen MR) is 73.6 cm³/mol. The fourth-order valence-corrected chi connectivity index (χ4v) is 2.09. The quantitative estimate of drug-likeness (QED) is 0.691. The maximum atomic E-state index is 14.0. The summed E-state index contributed by atoms with van der Waals surface area (Å²) >= 11 is 5.87. The number of alkyl halides is 2. The van der Waals surface area contributed by atoms with Gasteiger partial charge in [-0.2, -0.15) is 23.8 Å². The molecule has 0 fully saturated rings. The molecule has 1 aliphatic heterocycles. The van der Waals surface area contributed by atoms with Crippen LogP contribution < -0.4 is 0 Å². The van der Waals surface area contributed by atoms with Crippen LogP contribution in [-0.2, 0) is 32.7 Å². The van der Waals surface area contributed by atoms with Gasteiger partial charge in [0.2, 0.25) is 0 Å². The molecule has 109 valence electrons. The van der Waals surface area contributed by atoms with Crippen LogP contribution in [0, 0.1) is 18.8 Å². The summed E-state index contributed by atoms with van der Waals surface area (Å²) in [5.41, 5.74) is 1.35. The Balaban J connectivity index is 0.00000220. The van der Waals surface area contributed by atoms with Crippen molar-refractivity contribution in [2.45, 2.75) is 13.3 Å². The van der Waals surface area contributed by atoms with E-state index in [1.165, 1.54) is 23.1 Å². The maximum absolute atomic E-state index is 14.0. The van der Waals surface area contributed by atoms with Gasteiger partial charge in [0.05, 0.1) is 12.4 Å². The third kappa shape index (κ3) is 4.21. The Kier molecular flexibility index (Phi) is 6.70. The zero-order valence-corrected chi connectivity index (χ0v) is 14.9. The Morgan fingerprint density at radius 1 is 1.38 bits per heavy atom. The standard InChI is InChI=1S/C15H12ClF3N.Y/c1-9-3-4-11(13(17)7-9)14-6-5-12(16)10(2)20(14)8-15(18)19;/h3-5,7,15H,2,8H2,1H3;/q-1;. The van der Waals surface area contributed by atoms with Gasteiger partial charge in [0, 0.05) is 32.7 Å². The van der Waals surface area contributed by atoms with E-state index in [0.717, 1.165) is 5.56 Å². The molecule has 6 heteroatoms. The van der Waals surface area contributed by atoms with Crippen LogP contribution in [0.1, 0.15) is 11.1 Å².